The summed E-state index contributed by atoms with van der Waals surface area (Å²) >= 11 is 1.73. The summed E-state index contributed by atoms with van der Waals surface area (Å²) in [6, 6.07) is 7.92. The first kappa shape index (κ1) is 19.1. The normalized spacial score (nSPS) is 19.5. The number of carbonyl (C=O) groups is 2. The van der Waals surface area contributed by atoms with Gasteiger partial charge in [0.05, 0.1) is 11.6 Å². The van der Waals surface area contributed by atoms with E-state index in [0.717, 1.165) is 12.8 Å². The van der Waals surface area contributed by atoms with Crippen LogP contribution in [-0.4, -0.2) is 34.8 Å². The zero-order chi connectivity index (χ0) is 19.3. The molecular weight excluding hydrogens is 370 g/mol. The second kappa shape index (κ2) is 8.86. The van der Waals surface area contributed by atoms with E-state index in [4.69, 9.17) is 0 Å². The molecule has 2 fully saturated rings. The molecule has 1 saturated carbocycles. The molecule has 2 aliphatic rings. The van der Waals surface area contributed by atoms with E-state index in [1.54, 1.807) is 35.9 Å². The largest absolute Gasteiger partial charge is 0.348 e. The number of rotatable bonds is 5. The minimum Gasteiger partial charge on any atom is -0.348 e. The molecule has 2 aromatic rings. The third-order valence-corrected chi connectivity index (χ3v) is 7.04. The van der Waals surface area contributed by atoms with E-state index in [9.17, 15) is 9.59 Å². The third kappa shape index (κ3) is 4.27. The summed E-state index contributed by atoms with van der Waals surface area (Å²) < 4.78 is 0. The number of thiophene rings is 1. The maximum absolute atomic E-state index is 13.0. The van der Waals surface area contributed by atoms with E-state index in [2.05, 4.69) is 27.8 Å². The van der Waals surface area contributed by atoms with Gasteiger partial charge in [-0.3, -0.25) is 14.6 Å². The van der Waals surface area contributed by atoms with Gasteiger partial charge < -0.3 is 10.2 Å². The van der Waals surface area contributed by atoms with Crippen LogP contribution >= 0.6 is 11.3 Å². The fourth-order valence-electron chi connectivity index (χ4n) is 4.47. The quantitative estimate of drug-likeness (QED) is 0.828. The lowest BCUT2D eigenvalue weighted by Crippen LogP contribution is -2.44. The smallest absolute Gasteiger partial charge is 0.255 e. The monoisotopic (exact) mass is 397 g/mol. The first-order valence-corrected chi connectivity index (χ1v) is 11.1. The summed E-state index contributed by atoms with van der Waals surface area (Å²) in [4.78, 5) is 32.7. The fourth-order valence-corrected chi connectivity index (χ4v) is 5.34. The molecule has 1 N–H and O–H groups in total. The van der Waals surface area contributed by atoms with Crippen LogP contribution in [-0.2, 0) is 4.79 Å². The fraction of sp³-hybridized carbons (Fsp3) is 0.500. The van der Waals surface area contributed by atoms with Gasteiger partial charge >= 0.3 is 0 Å². The highest BCUT2D eigenvalue weighted by Crippen LogP contribution is 2.37. The van der Waals surface area contributed by atoms with Crippen LogP contribution in [0.3, 0.4) is 0 Å². The Morgan fingerprint density at radius 2 is 1.89 bits per heavy atom. The molecule has 1 saturated heterocycles. The Balaban J connectivity index is 1.35. The molecule has 2 amide bonds. The van der Waals surface area contributed by atoms with Crippen LogP contribution < -0.4 is 5.32 Å². The molecule has 28 heavy (non-hydrogen) atoms. The third-order valence-electron chi connectivity index (χ3n) is 6.08. The van der Waals surface area contributed by atoms with Gasteiger partial charge in [0.2, 0.25) is 5.91 Å². The predicted molar refractivity (Wildman–Crippen MR) is 110 cm³/mol. The molecule has 0 unspecified atom stereocenters. The lowest BCUT2D eigenvalue weighted by molar-refractivity contribution is -0.127. The summed E-state index contributed by atoms with van der Waals surface area (Å²) in [7, 11) is 0. The number of hydrogen-bond acceptors (Lipinski definition) is 4. The molecule has 4 rings (SSSR count). The Morgan fingerprint density at radius 1 is 1.11 bits per heavy atom. The lowest BCUT2D eigenvalue weighted by Gasteiger charge is -2.33. The molecule has 1 atom stereocenters. The Kier molecular flexibility index (Phi) is 6.05. The average molecular weight is 398 g/mol. The van der Waals surface area contributed by atoms with Crippen molar-refractivity contribution in [3.63, 3.8) is 0 Å². The number of carbonyl (C=O) groups excluding carboxylic acids is 2. The van der Waals surface area contributed by atoms with Gasteiger partial charge in [-0.1, -0.05) is 18.9 Å². The summed E-state index contributed by atoms with van der Waals surface area (Å²) in [5.74, 6) is 0.699. The Morgan fingerprint density at radius 3 is 2.54 bits per heavy atom. The second-order valence-corrected chi connectivity index (χ2v) is 8.83. The summed E-state index contributed by atoms with van der Waals surface area (Å²) in [5, 5.41) is 5.45. The minimum atomic E-state index is -0.0122. The van der Waals surface area contributed by atoms with Crippen LogP contribution in [0.2, 0.25) is 0 Å². The second-order valence-electron chi connectivity index (χ2n) is 7.85. The average Bonchev–Trinajstić information content (AvgIpc) is 3.46. The van der Waals surface area contributed by atoms with E-state index in [1.165, 1.54) is 30.6 Å². The zero-order valence-electron chi connectivity index (χ0n) is 16.0. The number of pyridine rings is 1. The first-order valence-electron chi connectivity index (χ1n) is 10.3. The van der Waals surface area contributed by atoms with Crippen LogP contribution in [0.4, 0.5) is 0 Å². The van der Waals surface area contributed by atoms with Crippen LogP contribution in [0.1, 0.15) is 59.8 Å². The van der Waals surface area contributed by atoms with Crippen LogP contribution in [0.15, 0.2) is 42.0 Å². The van der Waals surface area contributed by atoms with Crippen molar-refractivity contribution in [3.8, 4) is 0 Å². The van der Waals surface area contributed by atoms with E-state index in [1.807, 2.05) is 4.90 Å². The van der Waals surface area contributed by atoms with Gasteiger partial charge in [0.15, 0.2) is 0 Å². The van der Waals surface area contributed by atoms with Gasteiger partial charge in [-0.25, -0.2) is 0 Å². The van der Waals surface area contributed by atoms with Crippen molar-refractivity contribution in [2.24, 2.45) is 11.8 Å². The number of nitrogens with one attached hydrogen (secondary N) is 1. The van der Waals surface area contributed by atoms with Crippen molar-refractivity contribution < 1.29 is 9.59 Å². The van der Waals surface area contributed by atoms with Crippen LogP contribution in [0, 0.1) is 11.8 Å². The van der Waals surface area contributed by atoms with Crippen molar-refractivity contribution in [3.05, 3.63) is 52.5 Å². The number of hydrogen-bond donors (Lipinski definition) is 1. The van der Waals surface area contributed by atoms with E-state index in [-0.39, 0.29) is 23.8 Å². The van der Waals surface area contributed by atoms with Crippen molar-refractivity contribution in [1.82, 2.24) is 15.2 Å². The first-order chi connectivity index (χ1) is 13.7. The van der Waals surface area contributed by atoms with Gasteiger partial charge in [-0.15, -0.1) is 11.3 Å². The van der Waals surface area contributed by atoms with Crippen molar-refractivity contribution in [2.45, 2.75) is 44.6 Å². The number of piperidine rings is 1. The molecule has 3 heterocycles. The Labute approximate surface area is 170 Å². The van der Waals surface area contributed by atoms with Gasteiger partial charge in [0.25, 0.3) is 5.91 Å². The topological polar surface area (TPSA) is 62.3 Å². The highest BCUT2D eigenvalue weighted by molar-refractivity contribution is 7.10. The molecule has 0 bridgehead atoms. The molecule has 1 aliphatic heterocycles. The Hall–Kier alpha value is -2.21. The molecule has 148 valence electrons. The van der Waals surface area contributed by atoms with Gasteiger partial charge in [0, 0.05) is 36.3 Å². The lowest BCUT2D eigenvalue weighted by atomic mass is 9.92. The number of amides is 2. The van der Waals surface area contributed by atoms with Gasteiger partial charge in [-0.2, -0.15) is 0 Å². The number of likely N-dealkylation sites (tertiary alicyclic amines) is 1. The highest BCUT2D eigenvalue weighted by Gasteiger charge is 2.32. The molecule has 2 aromatic heterocycles. The van der Waals surface area contributed by atoms with Crippen molar-refractivity contribution in [2.75, 3.05) is 13.1 Å². The van der Waals surface area contributed by atoms with Crippen LogP contribution in [0.5, 0.6) is 0 Å². The SMILES string of the molecule is O=C(N[C@H](c1cccs1)C1CCCC1)C1CCN(C(=O)c2cccnc2)CC1. The summed E-state index contributed by atoms with van der Waals surface area (Å²) in [5.41, 5.74) is 0.615. The summed E-state index contributed by atoms with van der Waals surface area (Å²) in [6.07, 6.45) is 9.63. The van der Waals surface area contributed by atoms with Crippen molar-refractivity contribution >= 4 is 23.2 Å². The van der Waals surface area contributed by atoms with Crippen LogP contribution in [0.25, 0.3) is 0 Å². The molecule has 0 aromatic carbocycles. The summed E-state index contributed by atoms with van der Waals surface area (Å²) in [6.45, 7) is 1.25. The molecular formula is C22H27N3O2S. The predicted octanol–water partition coefficient (Wildman–Crippen LogP) is 4.04. The molecule has 5 nitrogen and oxygen atoms in total. The maximum atomic E-state index is 13.0. The molecule has 6 heteroatoms. The molecule has 0 radical (unpaired) electrons. The van der Waals surface area contributed by atoms with Crippen molar-refractivity contribution in [1.29, 1.82) is 0 Å². The number of aromatic nitrogens is 1. The van der Waals surface area contributed by atoms with E-state index < -0.39 is 0 Å². The molecule has 0 spiro atoms. The van der Waals surface area contributed by atoms with Gasteiger partial charge in [-0.05, 0) is 55.2 Å². The number of nitrogens with zero attached hydrogens (tertiary/aromatic N) is 2. The van der Waals surface area contributed by atoms with Gasteiger partial charge in [0.1, 0.15) is 0 Å². The standard InChI is InChI=1S/C22H27N3O2S/c26-21(24-20(16-5-1-2-6-16)19-8-4-14-28-19)17-9-12-25(13-10-17)22(27)18-7-3-11-23-15-18/h3-4,7-8,11,14-17,20H,1-2,5-6,9-10,12-13H2,(H,24,26)/t20-/m0/s1. The zero-order valence-corrected chi connectivity index (χ0v) is 16.9. The van der Waals surface area contributed by atoms with E-state index in [0.29, 0.717) is 24.6 Å². The maximum Gasteiger partial charge on any atom is 0.255 e. The van der Waals surface area contributed by atoms with E-state index >= 15 is 0 Å². The molecule has 1 aliphatic carbocycles. The Bertz CT molecular complexity index is 779. The highest BCUT2D eigenvalue weighted by atomic mass is 32.1. The minimum absolute atomic E-state index is 0.00868.